The van der Waals surface area contributed by atoms with Gasteiger partial charge in [-0.15, -0.1) is 0 Å². The molecule has 0 heterocycles. The first-order valence-electron chi connectivity index (χ1n) is 0.986. The van der Waals surface area contributed by atoms with Gasteiger partial charge in [-0.05, 0) is 0 Å². The van der Waals surface area contributed by atoms with Crippen molar-refractivity contribution in [1.29, 1.82) is 0 Å². The molecule has 0 saturated carbocycles. The molecule has 0 unspecified atom stereocenters. The Morgan fingerprint density at radius 3 is 2.00 bits per heavy atom. The molecule has 0 bridgehead atoms. The molecule has 0 amide bonds. The van der Waals surface area contributed by atoms with Gasteiger partial charge in [0.05, 0.1) is 0 Å². The summed E-state index contributed by atoms with van der Waals surface area (Å²) in [6, 6.07) is 0. The van der Waals surface area contributed by atoms with Gasteiger partial charge in [-0.25, -0.2) is 0 Å². The van der Waals surface area contributed by atoms with E-state index in [9.17, 15) is 0 Å². The standard InChI is InChI=1S/C2H6NS.Rf/c1-4-2-3;/h1-3H2;/q-1;. The molecule has 0 rings (SSSR count). The van der Waals surface area contributed by atoms with Crippen molar-refractivity contribution in [3.05, 3.63) is 6.26 Å². The van der Waals surface area contributed by atoms with Crippen LogP contribution >= 0.6 is 11.8 Å². The summed E-state index contributed by atoms with van der Waals surface area (Å²) < 4.78 is 0. The van der Waals surface area contributed by atoms with Crippen molar-refractivity contribution in [2.75, 3.05) is 5.88 Å². The Hall–Kier alpha value is -0.690. The smallest absolute Gasteiger partial charge is 0.00901 e. The van der Waals surface area contributed by atoms with Gasteiger partial charge >= 0.3 is 0 Å². The Balaban J connectivity index is 0. The molecule has 5 heavy (non-hydrogen) atoms. The summed E-state index contributed by atoms with van der Waals surface area (Å²) in [6.45, 7) is 0. The average Bonchev–Trinajstić information content (AvgIpc) is 1.37. The van der Waals surface area contributed by atoms with Gasteiger partial charge in [-0.2, -0.15) is 0 Å². The molecule has 0 aliphatic heterocycles. The summed E-state index contributed by atoms with van der Waals surface area (Å²) in [6.07, 6.45) is 3.40. The molecule has 3 heteroatoms. The molecule has 0 fully saturated rings. The van der Waals surface area contributed by atoms with Gasteiger partial charge in [0.15, 0.2) is 0 Å². The third kappa shape index (κ3) is 59.1. The van der Waals surface area contributed by atoms with Crippen molar-refractivity contribution in [3.63, 3.8) is 0 Å². The van der Waals surface area contributed by atoms with E-state index < -0.39 is 0 Å². The van der Waals surface area contributed by atoms with Crippen LogP contribution in [0.25, 0.3) is 0 Å². The quantitative estimate of drug-likeness (QED) is 0.552. The summed E-state index contributed by atoms with van der Waals surface area (Å²) in [5, 5.41) is 0. The van der Waals surface area contributed by atoms with Crippen LogP contribution in [0.5, 0.6) is 0 Å². The van der Waals surface area contributed by atoms with Gasteiger partial charge in [0.2, 0.25) is 0 Å². The second kappa shape index (κ2) is 10.3. The number of thioether (sulfide) groups is 1. The first kappa shape index (κ1) is 8.85. The second-order valence-electron chi connectivity index (χ2n) is 0.371. The van der Waals surface area contributed by atoms with Crippen molar-refractivity contribution in [1.82, 2.24) is 0 Å². The summed E-state index contributed by atoms with van der Waals surface area (Å²) in [7, 11) is 0. The SMILES string of the molecule is [CH2-]SCN.[Rf]. The van der Waals surface area contributed by atoms with Crippen LogP contribution < -0.4 is 5.73 Å². The maximum Gasteiger partial charge on any atom is 0.00901 e. The number of hydrogen-bond donors (Lipinski definition) is 1. The minimum Gasteiger partial charge on any atom is -0.340 e. The molecule has 0 aromatic rings. The monoisotopic (exact) mass is 343 g/mol. The number of hydrogen-bond acceptors (Lipinski definition) is 2. The van der Waals surface area contributed by atoms with E-state index in [1.807, 2.05) is 0 Å². The topological polar surface area (TPSA) is 26.0 Å². The molecular weight excluding hydrogens is 337 g/mol. The summed E-state index contributed by atoms with van der Waals surface area (Å²) in [5.41, 5.74) is 4.93. The molecular formula is C2H6NRfS-. The molecule has 0 aliphatic carbocycles. The first-order valence-corrected chi connectivity index (χ1v) is 2.14. The Morgan fingerprint density at radius 2 is 2.00 bits per heavy atom. The van der Waals surface area contributed by atoms with Crippen molar-refractivity contribution in [2.24, 2.45) is 5.73 Å². The summed E-state index contributed by atoms with van der Waals surface area (Å²) in [4.78, 5) is 0. The van der Waals surface area contributed by atoms with Gasteiger partial charge in [0.25, 0.3) is 0 Å². The molecule has 0 atom stereocenters. The molecule has 0 aliphatic rings. The van der Waals surface area contributed by atoms with Gasteiger partial charge in [0, 0.05) is 5.88 Å². The van der Waals surface area contributed by atoms with E-state index in [1.165, 1.54) is 11.8 Å². The van der Waals surface area contributed by atoms with E-state index in [2.05, 4.69) is 6.26 Å². The van der Waals surface area contributed by atoms with Crippen molar-refractivity contribution in [2.45, 2.75) is 0 Å². The van der Waals surface area contributed by atoms with E-state index >= 15 is 0 Å². The van der Waals surface area contributed by atoms with Crippen molar-refractivity contribution < 1.29 is 0 Å². The van der Waals surface area contributed by atoms with Crippen LogP contribution in [-0.4, -0.2) is 5.88 Å². The van der Waals surface area contributed by atoms with Crippen LogP contribution in [0.1, 0.15) is 0 Å². The van der Waals surface area contributed by atoms with E-state index in [-0.39, 0.29) is 0 Å². The van der Waals surface area contributed by atoms with Gasteiger partial charge in [-0.3, -0.25) is 6.26 Å². The molecule has 1 nitrogen and oxygen atoms in total. The predicted octanol–water partition coefficient (Wildman–Crippen LogP) is 0.427. The van der Waals surface area contributed by atoms with Crippen LogP contribution in [-0.2, 0) is 0 Å². The molecule has 0 aromatic heterocycles. The minimum absolute atomic E-state index is 0. The van der Waals surface area contributed by atoms with E-state index in [4.69, 9.17) is 5.73 Å². The largest absolute Gasteiger partial charge is 0.340 e. The molecule has 0 aromatic carbocycles. The molecule has 0 spiro atoms. The fraction of sp³-hybridized carbons (Fsp3) is 0.500. The fourth-order valence-corrected chi connectivity index (χ4v) is 0. The Kier molecular flexibility index (Phi) is 18.2. The van der Waals surface area contributed by atoms with Crippen LogP contribution in [0.4, 0.5) is 0 Å². The van der Waals surface area contributed by atoms with Crippen LogP contribution in [0, 0.1) is 6.26 Å². The third-order valence-electron chi connectivity index (χ3n) is 0.118. The Bertz CT molecular complexity index is 11.6. The number of nitrogens with two attached hydrogens (primary N) is 1. The fourth-order valence-electron chi connectivity index (χ4n) is 0. The second-order valence-corrected chi connectivity index (χ2v) is 1.11. The zero-order valence-corrected chi connectivity index (χ0v) is 10.3. The Labute approximate surface area is 30.6 Å². The third-order valence-corrected chi connectivity index (χ3v) is 0.354. The summed E-state index contributed by atoms with van der Waals surface area (Å²) in [5.74, 6) is 0.625. The minimum atomic E-state index is 0. The predicted molar refractivity (Wildman–Crippen MR) is 22.0 cm³/mol. The zero-order valence-electron chi connectivity index (χ0n) is 3.11. The summed E-state index contributed by atoms with van der Waals surface area (Å²) >= 11 is 1.38. The molecule has 0 radical (unpaired) electrons. The average molecular weight is 343 g/mol. The maximum absolute atomic E-state index is 4.93. The first-order chi connectivity index (χ1) is 1.91. The molecule has 2 N–H and O–H groups in total. The maximum atomic E-state index is 4.93. The van der Waals surface area contributed by atoms with Crippen molar-refractivity contribution >= 4 is 11.8 Å². The van der Waals surface area contributed by atoms with E-state index in [0.29, 0.717) is 5.88 Å². The van der Waals surface area contributed by atoms with Gasteiger partial charge in [0.1, 0.15) is 0 Å². The van der Waals surface area contributed by atoms with Crippen LogP contribution in [0.2, 0.25) is 0 Å². The van der Waals surface area contributed by atoms with E-state index in [1.54, 1.807) is 0 Å². The van der Waals surface area contributed by atoms with Crippen molar-refractivity contribution in [3.8, 4) is 0 Å². The Morgan fingerprint density at radius 1 is 1.80 bits per heavy atom. The van der Waals surface area contributed by atoms with Gasteiger partial charge in [-0.1, -0.05) is 0 Å². The van der Waals surface area contributed by atoms with Crippen LogP contribution in [0.3, 0.4) is 0 Å². The van der Waals surface area contributed by atoms with Crippen LogP contribution in [0.15, 0.2) is 0 Å². The normalized spacial score (nSPS) is 6.00. The molecule has 0 saturated heterocycles. The molecule has 28 valence electrons. The number of rotatable bonds is 1. The zero-order chi connectivity index (χ0) is 3.41. The van der Waals surface area contributed by atoms with Gasteiger partial charge < -0.3 is 17.5 Å². The van der Waals surface area contributed by atoms with E-state index in [0.717, 1.165) is 0 Å².